The molecule has 1 heterocycles. The van der Waals surface area contributed by atoms with E-state index in [4.69, 9.17) is 4.74 Å². The molecule has 6 heteroatoms. The lowest BCUT2D eigenvalue weighted by Crippen LogP contribution is -2.09. The first-order valence-corrected chi connectivity index (χ1v) is 5.67. The third-order valence-electron chi connectivity index (χ3n) is 2.65. The lowest BCUT2D eigenvalue weighted by atomic mass is 10.1. The maximum atomic E-state index is 9.70. The Balaban J connectivity index is 2.13. The van der Waals surface area contributed by atoms with E-state index in [1.165, 1.54) is 0 Å². The minimum Gasteiger partial charge on any atom is -0.504 e. The molecule has 18 heavy (non-hydrogen) atoms. The van der Waals surface area contributed by atoms with Crippen LogP contribution in [0, 0.1) is 0 Å². The number of rotatable bonds is 4. The van der Waals surface area contributed by atoms with Gasteiger partial charge in [-0.05, 0) is 12.5 Å². The fourth-order valence-electron chi connectivity index (χ4n) is 1.70. The predicted octanol–water partition coefficient (Wildman–Crippen LogP) is 2.02. The maximum absolute atomic E-state index is 9.70. The number of nitrogens with one attached hydrogen (secondary N) is 2. The Morgan fingerprint density at radius 2 is 2.22 bits per heavy atom. The number of methoxy groups -OCH3 is 1. The van der Waals surface area contributed by atoms with Crippen molar-refractivity contribution < 1.29 is 9.84 Å². The van der Waals surface area contributed by atoms with E-state index < -0.39 is 0 Å². The molecule has 0 saturated heterocycles. The van der Waals surface area contributed by atoms with Gasteiger partial charge in [-0.15, -0.1) is 0 Å². The van der Waals surface area contributed by atoms with Crippen molar-refractivity contribution in [3.8, 4) is 0 Å². The number of ether oxygens (including phenoxy) is 1. The fourth-order valence-corrected chi connectivity index (χ4v) is 1.70. The molecule has 1 aromatic rings. The van der Waals surface area contributed by atoms with Crippen molar-refractivity contribution in [3.05, 3.63) is 35.6 Å². The summed E-state index contributed by atoms with van der Waals surface area (Å²) in [5.41, 5.74) is 0.863. The lowest BCUT2D eigenvalue weighted by Gasteiger charge is -2.16. The predicted molar refractivity (Wildman–Crippen MR) is 69.2 cm³/mol. The Bertz CT molecular complexity index is 497. The summed E-state index contributed by atoms with van der Waals surface area (Å²) in [7, 11) is 3.35. The molecule has 1 aliphatic rings. The second kappa shape index (κ2) is 5.39. The van der Waals surface area contributed by atoms with E-state index in [9.17, 15) is 5.11 Å². The van der Waals surface area contributed by atoms with Crippen molar-refractivity contribution in [3.63, 3.8) is 0 Å². The molecule has 0 fully saturated rings. The van der Waals surface area contributed by atoms with Crippen LogP contribution < -0.4 is 10.6 Å². The molecule has 3 N–H and O–H groups in total. The Morgan fingerprint density at radius 3 is 2.89 bits per heavy atom. The smallest absolute Gasteiger partial charge is 0.228 e. The van der Waals surface area contributed by atoms with E-state index in [0.29, 0.717) is 18.1 Å². The van der Waals surface area contributed by atoms with Crippen LogP contribution in [0.3, 0.4) is 0 Å². The third-order valence-corrected chi connectivity index (χ3v) is 2.65. The van der Waals surface area contributed by atoms with Crippen LogP contribution in [0.2, 0.25) is 0 Å². The molecule has 1 aliphatic carbocycles. The van der Waals surface area contributed by atoms with E-state index in [1.807, 2.05) is 0 Å². The highest BCUT2D eigenvalue weighted by Gasteiger charge is 2.14. The quantitative estimate of drug-likeness (QED) is 0.756. The molecular formula is C12H16N4O2. The number of hydrogen-bond acceptors (Lipinski definition) is 6. The summed E-state index contributed by atoms with van der Waals surface area (Å²) in [5, 5.41) is 15.7. The normalized spacial score (nSPS) is 15.1. The van der Waals surface area contributed by atoms with Gasteiger partial charge in [0.1, 0.15) is 11.6 Å². The Morgan fingerprint density at radius 1 is 1.39 bits per heavy atom. The van der Waals surface area contributed by atoms with Crippen LogP contribution in [0.25, 0.3) is 0 Å². The molecule has 0 saturated carbocycles. The standard InChI is InChI=1S/C12H16N4O2/c1-13-11-5-6-14-12(16-11)15-8-3-4-10(18-2)9(17)7-8/h5-7,17H,3-4H2,1-2H3,(H2,13,14,15,16). The number of aromatic nitrogens is 2. The molecule has 0 radical (unpaired) electrons. The van der Waals surface area contributed by atoms with Crippen LogP contribution in [-0.2, 0) is 4.74 Å². The van der Waals surface area contributed by atoms with Crippen LogP contribution >= 0.6 is 0 Å². The van der Waals surface area contributed by atoms with Crippen LogP contribution in [0.1, 0.15) is 12.8 Å². The Kier molecular flexibility index (Phi) is 3.66. The number of allylic oxidation sites excluding steroid dienone is 3. The van der Waals surface area contributed by atoms with E-state index in [-0.39, 0.29) is 5.76 Å². The highest BCUT2D eigenvalue weighted by Crippen LogP contribution is 2.23. The number of hydrogen-bond donors (Lipinski definition) is 3. The van der Waals surface area contributed by atoms with Gasteiger partial charge in [0.25, 0.3) is 0 Å². The summed E-state index contributed by atoms with van der Waals surface area (Å²) in [6, 6.07) is 1.78. The Hall–Kier alpha value is -2.24. The molecule has 6 nitrogen and oxygen atoms in total. The molecule has 0 spiro atoms. The molecule has 0 aliphatic heterocycles. The molecule has 2 rings (SSSR count). The zero-order chi connectivity index (χ0) is 13.0. The van der Waals surface area contributed by atoms with E-state index in [2.05, 4.69) is 20.6 Å². The highest BCUT2D eigenvalue weighted by molar-refractivity contribution is 5.44. The maximum Gasteiger partial charge on any atom is 0.228 e. The van der Waals surface area contributed by atoms with Gasteiger partial charge in [0.2, 0.25) is 5.95 Å². The summed E-state index contributed by atoms with van der Waals surface area (Å²) in [5.74, 6) is 1.99. The van der Waals surface area contributed by atoms with Gasteiger partial charge in [-0.1, -0.05) is 0 Å². The molecular weight excluding hydrogens is 232 g/mol. The largest absolute Gasteiger partial charge is 0.504 e. The summed E-state index contributed by atoms with van der Waals surface area (Å²) in [4.78, 5) is 8.36. The van der Waals surface area contributed by atoms with Crippen molar-refractivity contribution in [1.82, 2.24) is 9.97 Å². The highest BCUT2D eigenvalue weighted by atomic mass is 16.5. The van der Waals surface area contributed by atoms with Gasteiger partial charge in [-0.3, -0.25) is 0 Å². The first-order chi connectivity index (χ1) is 8.72. The van der Waals surface area contributed by atoms with Crippen LogP contribution in [0.5, 0.6) is 0 Å². The first kappa shape index (κ1) is 12.2. The van der Waals surface area contributed by atoms with Gasteiger partial charge in [0, 0.05) is 31.4 Å². The molecule has 0 unspecified atom stereocenters. The molecule has 0 atom stereocenters. The average molecular weight is 248 g/mol. The van der Waals surface area contributed by atoms with Gasteiger partial charge in [0.05, 0.1) is 7.11 Å². The Labute approximate surface area is 105 Å². The third kappa shape index (κ3) is 2.71. The van der Waals surface area contributed by atoms with Crippen molar-refractivity contribution >= 4 is 11.8 Å². The second-order valence-corrected chi connectivity index (χ2v) is 3.82. The van der Waals surface area contributed by atoms with Crippen molar-refractivity contribution in [2.24, 2.45) is 0 Å². The molecule has 0 aromatic carbocycles. The van der Waals surface area contributed by atoms with E-state index in [0.717, 1.165) is 17.9 Å². The van der Waals surface area contributed by atoms with Crippen molar-refractivity contribution in [1.29, 1.82) is 0 Å². The number of anilines is 2. The van der Waals surface area contributed by atoms with Crippen LogP contribution in [-0.4, -0.2) is 29.2 Å². The lowest BCUT2D eigenvalue weighted by molar-refractivity contribution is 0.243. The summed E-state index contributed by atoms with van der Waals surface area (Å²) >= 11 is 0. The molecule has 96 valence electrons. The minimum absolute atomic E-state index is 0.149. The SMILES string of the molecule is CNc1ccnc(NC2=CC(O)=C(OC)CC2)n1. The van der Waals surface area contributed by atoms with E-state index >= 15 is 0 Å². The summed E-state index contributed by atoms with van der Waals surface area (Å²) < 4.78 is 5.05. The summed E-state index contributed by atoms with van der Waals surface area (Å²) in [6.45, 7) is 0. The van der Waals surface area contributed by atoms with Crippen LogP contribution in [0.4, 0.5) is 11.8 Å². The number of aliphatic hydroxyl groups excluding tert-OH is 1. The van der Waals surface area contributed by atoms with Gasteiger partial charge in [0.15, 0.2) is 5.76 Å². The number of nitrogens with zero attached hydrogens (tertiary/aromatic N) is 2. The second-order valence-electron chi connectivity index (χ2n) is 3.82. The van der Waals surface area contributed by atoms with Gasteiger partial charge < -0.3 is 20.5 Å². The van der Waals surface area contributed by atoms with Gasteiger partial charge in [-0.25, -0.2) is 4.98 Å². The molecule has 1 aromatic heterocycles. The van der Waals surface area contributed by atoms with Gasteiger partial charge in [-0.2, -0.15) is 4.98 Å². The zero-order valence-electron chi connectivity index (χ0n) is 10.4. The monoisotopic (exact) mass is 248 g/mol. The summed E-state index contributed by atoms with van der Waals surface area (Å²) in [6.07, 6.45) is 4.71. The van der Waals surface area contributed by atoms with Gasteiger partial charge >= 0.3 is 0 Å². The average Bonchev–Trinajstić information content (AvgIpc) is 2.39. The fraction of sp³-hybridized carbons (Fsp3) is 0.333. The molecule has 0 bridgehead atoms. The van der Waals surface area contributed by atoms with Crippen LogP contribution in [0.15, 0.2) is 35.6 Å². The first-order valence-electron chi connectivity index (χ1n) is 5.67. The van der Waals surface area contributed by atoms with E-state index in [1.54, 1.807) is 32.5 Å². The topological polar surface area (TPSA) is 79.3 Å². The minimum atomic E-state index is 0.149. The molecule has 0 amide bonds. The number of aliphatic hydroxyl groups is 1. The van der Waals surface area contributed by atoms with Crippen molar-refractivity contribution in [2.75, 3.05) is 24.8 Å². The zero-order valence-corrected chi connectivity index (χ0v) is 10.4. The van der Waals surface area contributed by atoms with Crippen molar-refractivity contribution in [2.45, 2.75) is 12.8 Å².